The lowest BCUT2D eigenvalue weighted by molar-refractivity contribution is -0.161. The number of rotatable bonds is 6. The molecule has 0 aromatic heterocycles. The van der Waals surface area contributed by atoms with E-state index in [1.165, 1.54) is 0 Å². The highest BCUT2D eigenvalue weighted by molar-refractivity contribution is 5.75. The summed E-state index contributed by atoms with van der Waals surface area (Å²) in [5, 5.41) is 26.3. The van der Waals surface area contributed by atoms with Crippen molar-refractivity contribution in [2.24, 2.45) is 0 Å². The topological polar surface area (TPSA) is 87.0 Å². The lowest BCUT2D eigenvalue weighted by Crippen LogP contribution is -2.37. The van der Waals surface area contributed by atoms with Gasteiger partial charge in [0.2, 0.25) is 0 Å². The molecule has 0 aromatic carbocycles. The van der Waals surface area contributed by atoms with E-state index in [0.29, 0.717) is 6.42 Å². The molecule has 0 saturated carbocycles. The highest BCUT2D eigenvalue weighted by Crippen LogP contribution is 1.97. The first-order valence-electron chi connectivity index (χ1n) is 4.27. The van der Waals surface area contributed by atoms with Crippen LogP contribution in [0.5, 0.6) is 0 Å². The zero-order valence-corrected chi connectivity index (χ0v) is 7.64. The number of carbonyl (C=O) groups excluding carboxylic acids is 1. The molecule has 2 unspecified atom stereocenters. The molecule has 0 aromatic rings. The summed E-state index contributed by atoms with van der Waals surface area (Å²) in [5.74, 6) is -0.894. The van der Waals surface area contributed by atoms with Crippen LogP contribution in [-0.4, -0.2) is 46.7 Å². The first kappa shape index (κ1) is 12.3. The van der Waals surface area contributed by atoms with Gasteiger partial charge in [0, 0.05) is 0 Å². The number of hydrogen-bond donors (Lipinski definition) is 3. The molecule has 0 bridgehead atoms. The van der Waals surface area contributed by atoms with Gasteiger partial charge < -0.3 is 20.1 Å². The average molecular weight is 192 g/mol. The van der Waals surface area contributed by atoms with Crippen LogP contribution in [0, 0.1) is 0 Å². The second-order valence-corrected chi connectivity index (χ2v) is 2.72. The number of unbranched alkanes of at least 4 members (excludes halogenated alkanes) is 1. The van der Waals surface area contributed by atoms with E-state index in [4.69, 9.17) is 15.3 Å². The van der Waals surface area contributed by atoms with Gasteiger partial charge in [-0.3, -0.25) is 0 Å². The maximum atomic E-state index is 10.9. The maximum Gasteiger partial charge on any atom is 0.337 e. The van der Waals surface area contributed by atoms with Crippen molar-refractivity contribution in [1.82, 2.24) is 0 Å². The van der Waals surface area contributed by atoms with E-state index in [9.17, 15) is 4.79 Å². The maximum absolute atomic E-state index is 10.9. The van der Waals surface area contributed by atoms with E-state index < -0.39 is 24.8 Å². The van der Waals surface area contributed by atoms with Crippen LogP contribution in [0.25, 0.3) is 0 Å². The molecule has 0 saturated heterocycles. The van der Waals surface area contributed by atoms with E-state index in [1.54, 1.807) is 0 Å². The number of hydrogen-bond acceptors (Lipinski definition) is 5. The zero-order chi connectivity index (χ0) is 10.3. The molecule has 2 atom stereocenters. The van der Waals surface area contributed by atoms with Gasteiger partial charge in [-0.25, -0.2) is 4.79 Å². The summed E-state index contributed by atoms with van der Waals surface area (Å²) in [5.41, 5.74) is 0. The van der Waals surface area contributed by atoms with Crippen molar-refractivity contribution >= 4 is 5.97 Å². The number of carbonyl (C=O) groups is 1. The average Bonchev–Trinajstić information content (AvgIpc) is 2.15. The third-order valence-corrected chi connectivity index (χ3v) is 1.54. The Bertz CT molecular complexity index is 147. The normalized spacial score (nSPS) is 15.1. The Kier molecular flexibility index (Phi) is 6.48. The molecule has 0 spiro atoms. The summed E-state index contributed by atoms with van der Waals surface area (Å²) in [6, 6.07) is 0. The highest BCUT2D eigenvalue weighted by atomic mass is 16.5. The molecule has 0 aliphatic carbocycles. The molecule has 0 rings (SSSR count). The Morgan fingerprint density at radius 3 is 2.54 bits per heavy atom. The molecular weight excluding hydrogens is 176 g/mol. The van der Waals surface area contributed by atoms with Crippen molar-refractivity contribution in [2.75, 3.05) is 13.2 Å². The van der Waals surface area contributed by atoms with Gasteiger partial charge in [0.1, 0.15) is 6.10 Å². The van der Waals surface area contributed by atoms with E-state index >= 15 is 0 Å². The molecule has 0 fully saturated rings. The number of ether oxygens (including phenoxy) is 1. The lowest BCUT2D eigenvalue weighted by Gasteiger charge is -2.13. The standard InChI is InChI=1S/C8H16O5/c1-2-3-4-13-8(12)7(11)6(10)5-9/h6-7,9-11H,2-5H2,1H3. The first-order chi connectivity index (χ1) is 6.13. The Morgan fingerprint density at radius 1 is 1.46 bits per heavy atom. The van der Waals surface area contributed by atoms with Crippen LogP contribution in [0.1, 0.15) is 19.8 Å². The van der Waals surface area contributed by atoms with Gasteiger partial charge in [-0.05, 0) is 6.42 Å². The number of esters is 1. The monoisotopic (exact) mass is 192 g/mol. The number of aliphatic hydroxyl groups is 3. The fourth-order valence-corrected chi connectivity index (χ4v) is 0.659. The summed E-state index contributed by atoms with van der Waals surface area (Å²) < 4.78 is 4.61. The molecule has 0 amide bonds. The minimum atomic E-state index is -1.65. The van der Waals surface area contributed by atoms with Crippen LogP contribution in [0.4, 0.5) is 0 Å². The van der Waals surface area contributed by atoms with Gasteiger partial charge >= 0.3 is 5.97 Å². The molecule has 0 heterocycles. The van der Waals surface area contributed by atoms with E-state index in [0.717, 1.165) is 6.42 Å². The Hall–Kier alpha value is -0.650. The molecular formula is C8H16O5. The molecule has 5 nitrogen and oxygen atoms in total. The molecule has 0 aliphatic heterocycles. The van der Waals surface area contributed by atoms with Crippen LogP contribution >= 0.6 is 0 Å². The van der Waals surface area contributed by atoms with Crippen molar-refractivity contribution in [1.29, 1.82) is 0 Å². The number of aliphatic hydroxyl groups excluding tert-OH is 3. The van der Waals surface area contributed by atoms with Gasteiger partial charge in [0.25, 0.3) is 0 Å². The smallest absolute Gasteiger partial charge is 0.337 e. The Morgan fingerprint density at radius 2 is 2.08 bits per heavy atom. The molecule has 78 valence electrons. The van der Waals surface area contributed by atoms with Gasteiger partial charge in [-0.2, -0.15) is 0 Å². The summed E-state index contributed by atoms with van der Waals surface area (Å²) in [6.07, 6.45) is -1.52. The highest BCUT2D eigenvalue weighted by Gasteiger charge is 2.24. The van der Waals surface area contributed by atoms with Gasteiger partial charge in [0.15, 0.2) is 6.10 Å². The summed E-state index contributed by atoms with van der Waals surface area (Å²) >= 11 is 0. The van der Waals surface area contributed by atoms with E-state index in [1.807, 2.05) is 6.92 Å². The van der Waals surface area contributed by atoms with E-state index in [-0.39, 0.29) is 6.61 Å². The second kappa shape index (κ2) is 6.82. The van der Waals surface area contributed by atoms with Crippen LogP contribution in [0.15, 0.2) is 0 Å². The van der Waals surface area contributed by atoms with Crippen LogP contribution < -0.4 is 0 Å². The Balaban J connectivity index is 3.69. The van der Waals surface area contributed by atoms with Crippen molar-refractivity contribution in [3.8, 4) is 0 Å². The van der Waals surface area contributed by atoms with Gasteiger partial charge in [-0.1, -0.05) is 13.3 Å². The van der Waals surface area contributed by atoms with Gasteiger partial charge in [-0.15, -0.1) is 0 Å². The summed E-state index contributed by atoms with van der Waals surface area (Å²) in [7, 11) is 0. The van der Waals surface area contributed by atoms with Crippen molar-refractivity contribution in [3.05, 3.63) is 0 Å². The quantitative estimate of drug-likeness (QED) is 0.373. The minimum Gasteiger partial charge on any atom is -0.464 e. The fourth-order valence-electron chi connectivity index (χ4n) is 0.659. The molecule has 5 heteroatoms. The largest absolute Gasteiger partial charge is 0.464 e. The molecule has 3 N–H and O–H groups in total. The second-order valence-electron chi connectivity index (χ2n) is 2.72. The Labute approximate surface area is 77.0 Å². The summed E-state index contributed by atoms with van der Waals surface area (Å²) in [6.45, 7) is 1.50. The van der Waals surface area contributed by atoms with Crippen molar-refractivity contribution in [2.45, 2.75) is 32.0 Å². The third kappa shape index (κ3) is 4.82. The zero-order valence-electron chi connectivity index (χ0n) is 7.64. The molecule has 13 heavy (non-hydrogen) atoms. The lowest BCUT2D eigenvalue weighted by atomic mass is 10.2. The molecule has 0 aliphatic rings. The van der Waals surface area contributed by atoms with Crippen LogP contribution in [-0.2, 0) is 9.53 Å². The molecule has 0 radical (unpaired) electrons. The van der Waals surface area contributed by atoms with E-state index in [2.05, 4.69) is 4.74 Å². The predicted octanol–water partition coefficient (Wildman–Crippen LogP) is -0.956. The first-order valence-corrected chi connectivity index (χ1v) is 4.27. The summed E-state index contributed by atoms with van der Waals surface area (Å²) in [4.78, 5) is 10.9. The minimum absolute atomic E-state index is 0.227. The fraction of sp³-hybridized carbons (Fsp3) is 0.875. The predicted molar refractivity (Wildman–Crippen MR) is 45.0 cm³/mol. The third-order valence-electron chi connectivity index (χ3n) is 1.54. The SMILES string of the molecule is CCCCOC(=O)C(O)C(O)CO. The van der Waals surface area contributed by atoms with Gasteiger partial charge in [0.05, 0.1) is 13.2 Å². The van der Waals surface area contributed by atoms with Crippen LogP contribution in [0.3, 0.4) is 0 Å². The van der Waals surface area contributed by atoms with Crippen LogP contribution in [0.2, 0.25) is 0 Å². The van der Waals surface area contributed by atoms with Crippen molar-refractivity contribution in [3.63, 3.8) is 0 Å². The van der Waals surface area contributed by atoms with Crippen molar-refractivity contribution < 1.29 is 24.9 Å².